The maximum absolute atomic E-state index is 10.7. The zero-order chi connectivity index (χ0) is 15.4. The zero-order valence-corrected chi connectivity index (χ0v) is 13.8. The molecule has 0 saturated heterocycles. The number of halogens is 1. The Kier molecular flexibility index (Phi) is 5.39. The van der Waals surface area contributed by atoms with Gasteiger partial charge in [-0.2, -0.15) is 0 Å². The second kappa shape index (κ2) is 7.07. The molecule has 112 valence electrons. The van der Waals surface area contributed by atoms with E-state index >= 15 is 0 Å². The summed E-state index contributed by atoms with van der Waals surface area (Å²) >= 11 is 3.50. The Morgan fingerprint density at radius 2 is 1.86 bits per heavy atom. The molecule has 3 nitrogen and oxygen atoms in total. The predicted octanol–water partition coefficient (Wildman–Crippen LogP) is 3.54. The number of benzene rings is 2. The van der Waals surface area contributed by atoms with E-state index in [1.54, 1.807) is 7.11 Å². The molecule has 3 N–H and O–H groups in total. The van der Waals surface area contributed by atoms with Crippen LogP contribution in [0.4, 0.5) is 0 Å². The van der Waals surface area contributed by atoms with Gasteiger partial charge in [-0.25, -0.2) is 0 Å². The van der Waals surface area contributed by atoms with E-state index in [9.17, 15) is 5.11 Å². The van der Waals surface area contributed by atoms with Gasteiger partial charge in [0, 0.05) is 16.9 Å². The van der Waals surface area contributed by atoms with Crippen LogP contribution >= 0.6 is 15.9 Å². The van der Waals surface area contributed by atoms with Crippen LogP contribution in [-0.2, 0) is 0 Å². The number of aliphatic hydroxyl groups excluding tert-OH is 1. The molecule has 2 aromatic carbocycles. The second-order valence-corrected chi connectivity index (χ2v) is 5.87. The van der Waals surface area contributed by atoms with Gasteiger partial charge in [-0.3, -0.25) is 0 Å². The van der Waals surface area contributed by atoms with Gasteiger partial charge >= 0.3 is 0 Å². The minimum Gasteiger partial charge on any atom is -0.497 e. The van der Waals surface area contributed by atoms with Crippen molar-refractivity contribution >= 4 is 15.9 Å². The third kappa shape index (κ3) is 3.46. The van der Waals surface area contributed by atoms with E-state index < -0.39 is 6.10 Å². The number of methoxy groups -OCH3 is 1. The lowest BCUT2D eigenvalue weighted by atomic mass is 9.87. The molecule has 4 heteroatoms. The van der Waals surface area contributed by atoms with Crippen LogP contribution in [0.2, 0.25) is 0 Å². The SMILES string of the molecule is COc1ccc(C(CN)C(O)c2cccc(Br)c2C)cc1. The van der Waals surface area contributed by atoms with Gasteiger partial charge in [0.25, 0.3) is 0 Å². The first-order valence-electron chi connectivity index (χ1n) is 6.85. The van der Waals surface area contributed by atoms with Crippen LogP contribution in [0.25, 0.3) is 0 Å². The summed E-state index contributed by atoms with van der Waals surface area (Å²) in [5.41, 5.74) is 8.84. The molecule has 2 aromatic rings. The van der Waals surface area contributed by atoms with E-state index in [4.69, 9.17) is 10.5 Å². The van der Waals surface area contributed by atoms with Crippen LogP contribution < -0.4 is 10.5 Å². The van der Waals surface area contributed by atoms with E-state index in [0.717, 1.165) is 26.9 Å². The fourth-order valence-corrected chi connectivity index (χ4v) is 2.84. The first-order valence-corrected chi connectivity index (χ1v) is 7.65. The van der Waals surface area contributed by atoms with Crippen molar-refractivity contribution in [1.29, 1.82) is 0 Å². The monoisotopic (exact) mass is 349 g/mol. The van der Waals surface area contributed by atoms with E-state index in [2.05, 4.69) is 15.9 Å². The maximum atomic E-state index is 10.7. The van der Waals surface area contributed by atoms with Crippen LogP contribution in [-0.4, -0.2) is 18.8 Å². The number of nitrogens with two attached hydrogens (primary N) is 1. The van der Waals surface area contributed by atoms with Crippen molar-refractivity contribution in [2.45, 2.75) is 18.9 Å². The average Bonchev–Trinajstić information content (AvgIpc) is 2.51. The predicted molar refractivity (Wildman–Crippen MR) is 88.6 cm³/mol. The van der Waals surface area contributed by atoms with Crippen molar-refractivity contribution in [2.24, 2.45) is 5.73 Å². The molecule has 0 aliphatic rings. The maximum Gasteiger partial charge on any atom is 0.118 e. The fourth-order valence-electron chi connectivity index (χ4n) is 2.46. The van der Waals surface area contributed by atoms with Crippen LogP contribution in [0.1, 0.15) is 28.7 Å². The Labute approximate surface area is 133 Å². The van der Waals surface area contributed by atoms with E-state index in [0.29, 0.717) is 6.54 Å². The summed E-state index contributed by atoms with van der Waals surface area (Å²) in [6, 6.07) is 13.5. The molecule has 2 rings (SSSR count). The van der Waals surface area contributed by atoms with Crippen molar-refractivity contribution in [3.05, 3.63) is 63.6 Å². The molecular formula is C17H20BrNO2. The van der Waals surface area contributed by atoms with Crippen molar-refractivity contribution in [2.75, 3.05) is 13.7 Å². The molecule has 0 heterocycles. The van der Waals surface area contributed by atoms with Crippen LogP contribution in [0.3, 0.4) is 0 Å². The van der Waals surface area contributed by atoms with Crippen molar-refractivity contribution in [3.8, 4) is 5.75 Å². The highest BCUT2D eigenvalue weighted by Gasteiger charge is 2.23. The molecule has 2 unspecified atom stereocenters. The highest BCUT2D eigenvalue weighted by Crippen LogP contribution is 2.34. The van der Waals surface area contributed by atoms with Crippen molar-refractivity contribution in [1.82, 2.24) is 0 Å². The van der Waals surface area contributed by atoms with Gasteiger partial charge in [0.15, 0.2) is 0 Å². The van der Waals surface area contributed by atoms with Gasteiger partial charge in [-0.15, -0.1) is 0 Å². The molecule has 0 aromatic heterocycles. The van der Waals surface area contributed by atoms with Crippen LogP contribution in [0, 0.1) is 6.92 Å². The van der Waals surface area contributed by atoms with Gasteiger partial charge in [-0.1, -0.05) is 40.2 Å². The second-order valence-electron chi connectivity index (χ2n) is 5.01. The Bertz CT molecular complexity index is 598. The first kappa shape index (κ1) is 16.0. The van der Waals surface area contributed by atoms with Crippen molar-refractivity contribution in [3.63, 3.8) is 0 Å². The summed E-state index contributed by atoms with van der Waals surface area (Å²) in [6.45, 7) is 2.36. The summed E-state index contributed by atoms with van der Waals surface area (Å²) in [5.74, 6) is 0.645. The van der Waals surface area contributed by atoms with Gasteiger partial charge in [-0.05, 0) is 41.8 Å². The highest BCUT2D eigenvalue weighted by molar-refractivity contribution is 9.10. The molecular weight excluding hydrogens is 330 g/mol. The number of hydrogen-bond acceptors (Lipinski definition) is 3. The number of ether oxygens (including phenoxy) is 1. The van der Waals surface area contributed by atoms with Gasteiger partial charge in [0.05, 0.1) is 13.2 Å². The first-order chi connectivity index (χ1) is 10.1. The summed E-state index contributed by atoms with van der Waals surface area (Å²) in [4.78, 5) is 0. The number of rotatable bonds is 5. The van der Waals surface area contributed by atoms with Gasteiger partial charge < -0.3 is 15.6 Å². The summed E-state index contributed by atoms with van der Waals surface area (Å²) in [5, 5.41) is 10.7. The third-order valence-electron chi connectivity index (χ3n) is 3.81. The van der Waals surface area contributed by atoms with Gasteiger partial charge in [0.1, 0.15) is 5.75 Å². The molecule has 2 atom stereocenters. The quantitative estimate of drug-likeness (QED) is 0.867. The minimum absolute atomic E-state index is 0.149. The molecule has 0 bridgehead atoms. The standard InChI is InChI=1S/C17H20BrNO2/c1-11-14(4-3-5-16(11)18)17(20)15(10-19)12-6-8-13(21-2)9-7-12/h3-9,15,17,20H,10,19H2,1-2H3. The van der Waals surface area contributed by atoms with Crippen molar-refractivity contribution < 1.29 is 9.84 Å². The number of hydrogen-bond donors (Lipinski definition) is 2. The molecule has 0 aliphatic carbocycles. The molecule has 0 amide bonds. The smallest absolute Gasteiger partial charge is 0.118 e. The van der Waals surface area contributed by atoms with E-state index in [-0.39, 0.29) is 5.92 Å². The minimum atomic E-state index is -0.638. The van der Waals surface area contributed by atoms with Crippen LogP contribution in [0.5, 0.6) is 5.75 Å². The highest BCUT2D eigenvalue weighted by atomic mass is 79.9. The van der Waals surface area contributed by atoms with E-state index in [1.807, 2.05) is 49.4 Å². The third-order valence-corrected chi connectivity index (χ3v) is 4.67. The largest absolute Gasteiger partial charge is 0.497 e. The fraction of sp³-hybridized carbons (Fsp3) is 0.294. The molecule has 0 radical (unpaired) electrons. The molecule has 0 spiro atoms. The molecule has 0 aliphatic heterocycles. The number of aliphatic hydroxyl groups is 1. The summed E-state index contributed by atoms with van der Waals surface area (Å²) in [7, 11) is 1.63. The lowest BCUT2D eigenvalue weighted by molar-refractivity contribution is 0.146. The normalized spacial score (nSPS) is 13.8. The lowest BCUT2D eigenvalue weighted by Gasteiger charge is -2.24. The summed E-state index contributed by atoms with van der Waals surface area (Å²) in [6.07, 6.45) is -0.638. The Hall–Kier alpha value is -1.36. The van der Waals surface area contributed by atoms with Gasteiger partial charge in [0.2, 0.25) is 0 Å². The Balaban J connectivity index is 2.33. The van der Waals surface area contributed by atoms with Crippen LogP contribution in [0.15, 0.2) is 46.9 Å². The topological polar surface area (TPSA) is 55.5 Å². The molecule has 0 saturated carbocycles. The Morgan fingerprint density at radius 3 is 2.43 bits per heavy atom. The molecule has 21 heavy (non-hydrogen) atoms. The summed E-state index contributed by atoms with van der Waals surface area (Å²) < 4.78 is 6.15. The van der Waals surface area contributed by atoms with E-state index in [1.165, 1.54) is 0 Å². The molecule has 0 fully saturated rings. The Morgan fingerprint density at radius 1 is 1.19 bits per heavy atom. The average molecular weight is 350 g/mol. The lowest BCUT2D eigenvalue weighted by Crippen LogP contribution is -2.20. The zero-order valence-electron chi connectivity index (χ0n) is 12.2.